The van der Waals surface area contributed by atoms with Crippen molar-refractivity contribution in [3.63, 3.8) is 0 Å². The predicted molar refractivity (Wildman–Crippen MR) is 114 cm³/mol. The van der Waals surface area contributed by atoms with Gasteiger partial charge in [-0.2, -0.15) is 0 Å². The largest absolute Gasteiger partial charge is 0.465 e. The van der Waals surface area contributed by atoms with E-state index in [2.05, 4.69) is 4.90 Å². The summed E-state index contributed by atoms with van der Waals surface area (Å²) in [4.78, 5) is 41.1. The first kappa shape index (κ1) is 21.4. The van der Waals surface area contributed by atoms with Gasteiger partial charge in [0.15, 0.2) is 5.78 Å². The van der Waals surface area contributed by atoms with Gasteiger partial charge < -0.3 is 19.3 Å². The molecule has 0 radical (unpaired) electrons. The Bertz CT molecular complexity index is 939. The van der Waals surface area contributed by atoms with E-state index < -0.39 is 11.9 Å². The van der Waals surface area contributed by atoms with Crippen molar-refractivity contribution in [3.8, 4) is 0 Å². The molecule has 0 spiro atoms. The summed E-state index contributed by atoms with van der Waals surface area (Å²) in [7, 11) is 2.52. The highest BCUT2D eigenvalue weighted by Crippen LogP contribution is 2.37. The van der Waals surface area contributed by atoms with E-state index >= 15 is 0 Å². The SMILES string of the molecule is COC(=O)C1=C(C(=O)OC)N(c2cc(C(C)=O)ccc2N2CCCCC2)C=CC=C1. The van der Waals surface area contributed by atoms with Gasteiger partial charge in [0.25, 0.3) is 0 Å². The molecule has 0 aliphatic carbocycles. The monoisotopic (exact) mass is 410 g/mol. The molecular weight excluding hydrogens is 384 g/mol. The number of carbonyl (C=O) groups is 3. The van der Waals surface area contributed by atoms with Gasteiger partial charge in [0.1, 0.15) is 5.70 Å². The lowest BCUT2D eigenvalue weighted by Gasteiger charge is -2.34. The molecule has 3 rings (SSSR count). The Labute approximate surface area is 176 Å². The Balaban J connectivity index is 2.23. The lowest BCUT2D eigenvalue weighted by atomic mass is 10.0. The van der Waals surface area contributed by atoms with E-state index in [4.69, 9.17) is 9.47 Å². The van der Waals surface area contributed by atoms with E-state index in [0.717, 1.165) is 31.6 Å². The number of anilines is 2. The lowest BCUT2D eigenvalue weighted by Crippen LogP contribution is -2.33. The zero-order chi connectivity index (χ0) is 21.7. The number of benzene rings is 1. The van der Waals surface area contributed by atoms with Crippen LogP contribution in [-0.2, 0) is 19.1 Å². The van der Waals surface area contributed by atoms with Gasteiger partial charge >= 0.3 is 11.9 Å². The smallest absolute Gasteiger partial charge is 0.355 e. The summed E-state index contributed by atoms with van der Waals surface area (Å²) in [6, 6.07) is 5.44. The van der Waals surface area contributed by atoms with Crippen LogP contribution in [0.15, 0.2) is 53.9 Å². The van der Waals surface area contributed by atoms with Crippen molar-refractivity contribution in [3.05, 3.63) is 59.5 Å². The van der Waals surface area contributed by atoms with Crippen molar-refractivity contribution < 1.29 is 23.9 Å². The molecule has 1 aromatic carbocycles. The number of nitrogens with zero attached hydrogens (tertiary/aromatic N) is 2. The number of methoxy groups -OCH3 is 2. The zero-order valence-electron chi connectivity index (χ0n) is 17.5. The molecule has 2 aliphatic heterocycles. The summed E-state index contributed by atoms with van der Waals surface area (Å²) in [5.74, 6) is -1.41. The van der Waals surface area contributed by atoms with Crippen molar-refractivity contribution in [1.29, 1.82) is 0 Å². The second kappa shape index (κ2) is 9.43. The number of hydrogen-bond acceptors (Lipinski definition) is 7. The summed E-state index contributed by atoms with van der Waals surface area (Å²) in [6.07, 6.45) is 9.89. The predicted octanol–water partition coefficient (Wildman–Crippen LogP) is 3.37. The molecule has 2 heterocycles. The molecule has 1 aromatic rings. The number of esters is 2. The number of ether oxygens (including phenoxy) is 2. The average molecular weight is 410 g/mol. The molecule has 0 bridgehead atoms. The molecule has 30 heavy (non-hydrogen) atoms. The van der Waals surface area contributed by atoms with E-state index in [1.165, 1.54) is 33.6 Å². The minimum absolute atomic E-state index is 0.0355. The highest BCUT2D eigenvalue weighted by molar-refractivity contribution is 6.06. The maximum absolute atomic E-state index is 12.8. The molecule has 0 unspecified atom stereocenters. The second-order valence-electron chi connectivity index (χ2n) is 7.12. The van der Waals surface area contributed by atoms with Gasteiger partial charge in [0, 0.05) is 24.9 Å². The van der Waals surface area contributed by atoms with Crippen molar-refractivity contribution in [1.82, 2.24) is 0 Å². The van der Waals surface area contributed by atoms with E-state index in [9.17, 15) is 14.4 Å². The maximum Gasteiger partial charge on any atom is 0.355 e. The van der Waals surface area contributed by atoms with Crippen molar-refractivity contribution >= 4 is 29.1 Å². The minimum atomic E-state index is -0.676. The van der Waals surface area contributed by atoms with Gasteiger partial charge in [0.05, 0.1) is 31.2 Å². The number of Topliss-reactive ketones (excluding diaryl/α,β-unsaturated/α-hetero) is 1. The van der Waals surface area contributed by atoms with Gasteiger partial charge in [-0.3, -0.25) is 4.79 Å². The first-order valence-electron chi connectivity index (χ1n) is 9.93. The summed E-state index contributed by atoms with van der Waals surface area (Å²) < 4.78 is 9.88. The first-order chi connectivity index (χ1) is 14.5. The molecular formula is C23H26N2O5. The Hall–Kier alpha value is -3.35. The highest BCUT2D eigenvalue weighted by atomic mass is 16.5. The molecule has 7 nitrogen and oxygen atoms in total. The van der Waals surface area contributed by atoms with Crippen LogP contribution in [0.1, 0.15) is 36.5 Å². The topological polar surface area (TPSA) is 76.2 Å². The average Bonchev–Trinajstić information content (AvgIpc) is 3.01. The normalized spacial score (nSPS) is 16.4. The summed E-state index contributed by atoms with van der Waals surface area (Å²) in [5.41, 5.74) is 2.14. The molecule has 0 N–H and O–H groups in total. The van der Waals surface area contributed by atoms with Crippen LogP contribution in [0.3, 0.4) is 0 Å². The molecule has 7 heteroatoms. The molecule has 2 aliphatic rings. The van der Waals surface area contributed by atoms with Crippen LogP contribution >= 0.6 is 0 Å². The number of hydrogen-bond donors (Lipinski definition) is 0. The van der Waals surface area contributed by atoms with Gasteiger partial charge in [-0.15, -0.1) is 0 Å². The third-order valence-corrected chi connectivity index (χ3v) is 5.23. The van der Waals surface area contributed by atoms with Crippen LogP contribution in [0.25, 0.3) is 0 Å². The molecule has 0 amide bonds. The van der Waals surface area contributed by atoms with Crippen LogP contribution in [0, 0.1) is 0 Å². The van der Waals surface area contributed by atoms with Crippen LogP contribution in [0.4, 0.5) is 11.4 Å². The molecule has 158 valence electrons. The highest BCUT2D eigenvalue weighted by Gasteiger charge is 2.30. The Morgan fingerprint density at radius 3 is 2.23 bits per heavy atom. The second-order valence-corrected chi connectivity index (χ2v) is 7.12. The number of allylic oxidation sites excluding steroid dienone is 2. The van der Waals surface area contributed by atoms with Crippen LogP contribution in [-0.4, -0.2) is 45.0 Å². The van der Waals surface area contributed by atoms with Gasteiger partial charge in [-0.25, -0.2) is 9.59 Å². The number of ketones is 1. The van der Waals surface area contributed by atoms with E-state index in [-0.39, 0.29) is 17.1 Å². The lowest BCUT2D eigenvalue weighted by molar-refractivity contribution is -0.139. The van der Waals surface area contributed by atoms with Crippen LogP contribution in [0.5, 0.6) is 0 Å². The molecule has 1 saturated heterocycles. The summed E-state index contributed by atoms with van der Waals surface area (Å²) in [6.45, 7) is 3.25. The summed E-state index contributed by atoms with van der Waals surface area (Å²) in [5, 5.41) is 0. The van der Waals surface area contributed by atoms with Gasteiger partial charge in [-0.05, 0) is 56.5 Å². The number of carbonyl (C=O) groups excluding carboxylic acids is 3. The van der Waals surface area contributed by atoms with Crippen molar-refractivity contribution in [2.75, 3.05) is 37.1 Å². The molecule has 0 atom stereocenters. The standard InChI is InChI=1S/C23H26N2O5/c1-16(26)17-10-11-19(24-12-6-4-7-13-24)20(15-17)25-14-8-5-9-18(22(27)29-2)21(25)23(28)30-3/h5,8-11,14-15H,4,6-7,12-13H2,1-3H3. The Morgan fingerprint density at radius 2 is 1.60 bits per heavy atom. The summed E-state index contributed by atoms with van der Waals surface area (Å²) >= 11 is 0. The fourth-order valence-electron chi connectivity index (χ4n) is 3.69. The van der Waals surface area contributed by atoms with Crippen LogP contribution < -0.4 is 9.80 Å². The van der Waals surface area contributed by atoms with E-state index in [1.807, 2.05) is 6.07 Å². The van der Waals surface area contributed by atoms with Crippen molar-refractivity contribution in [2.24, 2.45) is 0 Å². The number of rotatable bonds is 5. The molecule has 0 saturated carbocycles. The fourth-order valence-corrected chi connectivity index (χ4v) is 3.69. The Morgan fingerprint density at radius 1 is 0.900 bits per heavy atom. The number of piperidine rings is 1. The van der Waals surface area contributed by atoms with E-state index in [0.29, 0.717) is 11.3 Å². The third-order valence-electron chi connectivity index (χ3n) is 5.23. The fraction of sp³-hybridized carbons (Fsp3) is 0.348. The molecule has 0 aromatic heterocycles. The van der Waals surface area contributed by atoms with Crippen LogP contribution in [0.2, 0.25) is 0 Å². The van der Waals surface area contributed by atoms with E-state index in [1.54, 1.807) is 35.4 Å². The van der Waals surface area contributed by atoms with Gasteiger partial charge in [-0.1, -0.05) is 6.08 Å². The molecule has 1 fully saturated rings. The first-order valence-corrected chi connectivity index (χ1v) is 9.93. The minimum Gasteiger partial charge on any atom is -0.465 e. The maximum atomic E-state index is 12.8. The third kappa shape index (κ3) is 4.30. The quantitative estimate of drug-likeness (QED) is 0.544. The Kier molecular flexibility index (Phi) is 6.72. The van der Waals surface area contributed by atoms with Gasteiger partial charge in [0.2, 0.25) is 0 Å². The van der Waals surface area contributed by atoms with Crippen molar-refractivity contribution in [2.45, 2.75) is 26.2 Å². The zero-order valence-corrected chi connectivity index (χ0v) is 17.5.